The van der Waals surface area contributed by atoms with Crippen LogP contribution in [-0.2, 0) is 5.41 Å². The summed E-state index contributed by atoms with van der Waals surface area (Å²) in [6.45, 7) is 5.86. The van der Waals surface area contributed by atoms with Crippen LogP contribution < -0.4 is 11.6 Å². The summed E-state index contributed by atoms with van der Waals surface area (Å²) in [5.41, 5.74) is 6.18. The topological polar surface area (TPSA) is 69.9 Å². The molecule has 2 rings (SSSR count). The van der Waals surface area contributed by atoms with Gasteiger partial charge in [0.25, 0.3) is 0 Å². The molecule has 0 aliphatic carbocycles. The summed E-state index contributed by atoms with van der Waals surface area (Å²) >= 11 is 5.77. The lowest BCUT2D eigenvalue weighted by molar-refractivity contribution is 0.532. The predicted molar refractivity (Wildman–Crippen MR) is 75.9 cm³/mol. The summed E-state index contributed by atoms with van der Waals surface area (Å²) in [5.74, 6) is 6.14. The number of hydrogen-bond donors (Lipinski definition) is 2. The normalized spacial score (nSPS) is 11.8. The fraction of sp³-hybridized carbons (Fsp3) is 0.308. The first-order valence-corrected chi connectivity index (χ1v) is 6.19. The summed E-state index contributed by atoms with van der Waals surface area (Å²) in [6, 6.07) is 4.69. The number of nitrogen functional groups attached to an aromatic ring is 2. The molecule has 0 bridgehead atoms. The van der Waals surface area contributed by atoms with Crippen LogP contribution in [0, 0.1) is 5.82 Å². The van der Waals surface area contributed by atoms with E-state index >= 15 is 0 Å². The third-order valence-electron chi connectivity index (χ3n) is 2.83. The van der Waals surface area contributed by atoms with E-state index in [2.05, 4.69) is 4.98 Å². The lowest BCUT2D eigenvalue weighted by Crippen LogP contribution is -2.24. The molecular weight excluding hydrogens is 267 g/mol. The molecule has 0 saturated carbocycles. The van der Waals surface area contributed by atoms with Gasteiger partial charge in [-0.25, -0.2) is 14.1 Å². The van der Waals surface area contributed by atoms with Gasteiger partial charge in [0, 0.05) is 11.0 Å². The van der Waals surface area contributed by atoms with Gasteiger partial charge in [0.1, 0.15) is 11.5 Å². The first-order chi connectivity index (χ1) is 8.73. The highest BCUT2D eigenvalue weighted by Gasteiger charge is 2.25. The van der Waals surface area contributed by atoms with E-state index in [0.29, 0.717) is 11.5 Å². The van der Waals surface area contributed by atoms with Gasteiger partial charge in [-0.1, -0.05) is 38.4 Å². The molecule has 1 aromatic heterocycles. The number of anilines is 1. The Morgan fingerprint density at radius 1 is 1.32 bits per heavy atom. The fourth-order valence-electron chi connectivity index (χ4n) is 1.86. The third kappa shape index (κ3) is 2.26. The number of rotatable bonds is 1. The van der Waals surface area contributed by atoms with Crippen molar-refractivity contribution in [3.8, 4) is 11.3 Å². The van der Waals surface area contributed by atoms with Gasteiger partial charge in [0.2, 0.25) is 0 Å². The minimum Gasteiger partial charge on any atom is -0.382 e. The van der Waals surface area contributed by atoms with Gasteiger partial charge in [-0.15, -0.1) is 0 Å². The second-order valence-corrected chi connectivity index (χ2v) is 5.80. The minimum atomic E-state index is -0.547. The van der Waals surface area contributed by atoms with Gasteiger partial charge in [-0.05, 0) is 12.1 Å². The number of aromatic nitrogens is 2. The second-order valence-electron chi connectivity index (χ2n) is 5.39. The standard InChI is InChI=1S/C13H16ClFN4/c1-13(2,3)12-18-10(11(16)19(12)17)7-5-4-6-8(14)9(7)15/h4-6H,16-17H2,1-3H3. The highest BCUT2D eigenvalue weighted by atomic mass is 35.5. The fourth-order valence-corrected chi connectivity index (χ4v) is 2.03. The molecule has 0 spiro atoms. The number of nitrogens with two attached hydrogens (primary N) is 2. The highest BCUT2D eigenvalue weighted by molar-refractivity contribution is 6.31. The van der Waals surface area contributed by atoms with E-state index in [0.717, 1.165) is 0 Å². The van der Waals surface area contributed by atoms with Gasteiger partial charge in [0.15, 0.2) is 11.6 Å². The zero-order chi connectivity index (χ0) is 14.4. The molecule has 0 fully saturated rings. The van der Waals surface area contributed by atoms with E-state index in [1.54, 1.807) is 12.1 Å². The molecule has 4 N–H and O–H groups in total. The molecule has 0 radical (unpaired) electrons. The number of halogens is 2. The lowest BCUT2D eigenvalue weighted by Gasteiger charge is -2.17. The molecular formula is C13H16ClFN4. The van der Waals surface area contributed by atoms with Crippen LogP contribution in [0.2, 0.25) is 5.02 Å². The van der Waals surface area contributed by atoms with Crippen LogP contribution in [0.1, 0.15) is 26.6 Å². The molecule has 19 heavy (non-hydrogen) atoms. The average Bonchev–Trinajstić information content (AvgIpc) is 2.60. The zero-order valence-electron chi connectivity index (χ0n) is 11.0. The first-order valence-electron chi connectivity index (χ1n) is 5.81. The number of hydrogen-bond acceptors (Lipinski definition) is 3. The van der Waals surface area contributed by atoms with Crippen LogP contribution in [0.4, 0.5) is 10.2 Å². The Bertz CT molecular complexity index is 628. The Morgan fingerprint density at radius 3 is 2.47 bits per heavy atom. The van der Waals surface area contributed by atoms with Crippen LogP contribution in [0.5, 0.6) is 0 Å². The molecule has 0 amide bonds. The van der Waals surface area contributed by atoms with Crippen molar-refractivity contribution in [2.45, 2.75) is 26.2 Å². The van der Waals surface area contributed by atoms with Crippen molar-refractivity contribution in [2.24, 2.45) is 0 Å². The maximum atomic E-state index is 14.0. The predicted octanol–water partition coefficient (Wildman–Crippen LogP) is 2.94. The third-order valence-corrected chi connectivity index (χ3v) is 3.12. The van der Waals surface area contributed by atoms with E-state index < -0.39 is 5.82 Å². The summed E-state index contributed by atoms with van der Waals surface area (Å²) in [4.78, 5) is 4.37. The van der Waals surface area contributed by atoms with Gasteiger partial charge >= 0.3 is 0 Å². The van der Waals surface area contributed by atoms with Crippen LogP contribution in [0.25, 0.3) is 11.3 Å². The van der Waals surface area contributed by atoms with E-state index in [9.17, 15) is 4.39 Å². The van der Waals surface area contributed by atoms with Crippen molar-refractivity contribution >= 4 is 17.4 Å². The summed E-state index contributed by atoms with van der Waals surface area (Å²) < 4.78 is 15.3. The molecule has 0 atom stereocenters. The van der Waals surface area contributed by atoms with Gasteiger partial charge < -0.3 is 11.6 Å². The molecule has 0 aliphatic heterocycles. The molecule has 1 heterocycles. The average molecular weight is 283 g/mol. The molecule has 102 valence electrons. The largest absolute Gasteiger partial charge is 0.382 e. The zero-order valence-corrected chi connectivity index (χ0v) is 11.8. The second kappa shape index (κ2) is 4.42. The Hall–Kier alpha value is -1.75. The van der Waals surface area contributed by atoms with Gasteiger partial charge in [0.05, 0.1) is 5.02 Å². The van der Waals surface area contributed by atoms with E-state index in [1.165, 1.54) is 10.7 Å². The van der Waals surface area contributed by atoms with Crippen LogP contribution in [-0.4, -0.2) is 9.66 Å². The monoisotopic (exact) mass is 282 g/mol. The molecule has 0 aliphatic rings. The molecule has 0 unspecified atom stereocenters. The maximum absolute atomic E-state index is 14.0. The van der Waals surface area contributed by atoms with Crippen molar-refractivity contribution < 1.29 is 4.39 Å². The van der Waals surface area contributed by atoms with Crippen molar-refractivity contribution in [1.82, 2.24) is 9.66 Å². The van der Waals surface area contributed by atoms with E-state index in [1.807, 2.05) is 20.8 Å². The highest BCUT2D eigenvalue weighted by Crippen LogP contribution is 2.33. The van der Waals surface area contributed by atoms with Crippen LogP contribution in [0.15, 0.2) is 18.2 Å². The number of benzene rings is 1. The van der Waals surface area contributed by atoms with Crippen molar-refractivity contribution in [3.05, 3.63) is 34.9 Å². The SMILES string of the molecule is CC(C)(C)c1nc(-c2cccc(Cl)c2F)c(N)n1N. The molecule has 6 heteroatoms. The van der Waals surface area contributed by atoms with Crippen LogP contribution >= 0.6 is 11.6 Å². The summed E-state index contributed by atoms with van der Waals surface area (Å²) in [6.07, 6.45) is 0. The maximum Gasteiger partial charge on any atom is 0.151 e. The summed E-state index contributed by atoms with van der Waals surface area (Å²) in [5, 5.41) is 0.0285. The molecule has 4 nitrogen and oxygen atoms in total. The van der Waals surface area contributed by atoms with Gasteiger partial charge in [-0.3, -0.25) is 0 Å². The van der Waals surface area contributed by atoms with Crippen LogP contribution in [0.3, 0.4) is 0 Å². The van der Waals surface area contributed by atoms with E-state index in [-0.39, 0.29) is 21.8 Å². The van der Waals surface area contributed by atoms with Crippen molar-refractivity contribution in [1.29, 1.82) is 0 Å². The summed E-state index contributed by atoms with van der Waals surface area (Å²) in [7, 11) is 0. The first kappa shape index (κ1) is 13.7. The Labute approximate surface area is 116 Å². The molecule has 2 aromatic rings. The number of imidazole rings is 1. The van der Waals surface area contributed by atoms with Crippen molar-refractivity contribution in [2.75, 3.05) is 11.6 Å². The van der Waals surface area contributed by atoms with Crippen molar-refractivity contribution in [3.63, 3.8) is 0 Å². The minimum absolute atomic E-state index is 0.0285. The smallest absolute Gasteiger partial charge is 0.151 e. The molecule has 0 saturated heterocycles. The Kier molecular flexibility index (Phi) is 3.18. The Morgan fingerprint density at radius 2 is 1.95 bits per heavy atom. The molecule has 1 aromatic carbocycles. The Balaban J connectivity index is 2.68. The lowest BCUT2D eigenvalue weighted by atomic mass is 9.96. The van der Waals surface area contributed by atoms with E-state index in [4.69, 9.17) is 23.2 Å². The van der Waals surface area contributed by atoms with Gasteiger partial charge in [-0.2, -0.15) is 0 Å². The quantitative estimate of drug-likeness (QED) is 0.790. The number of nitrogens with zero attached hydrogens (tertiary/aromatic N) is 2.